The van der Waals surface area contributed by atoms with Crippen LogP contribution >= 0.6 is 11.3 Å². The average Bonchev–Trinajstić information content (AvgIpc) is 3.43. The SMILES string of the molecule is COC(=O)c1c(C)c(C(=O)CN(C[C@H]2CCCO2)C(=O)c2cccs2)c(C)n1C. The molecule has 8 heteroatoms. The van der Waals surface area contributed by atoms with Crippen LogP contribution < -0.4 is 0 Å². The first-order chi connectivity index (χ1) is 13.8. The monoisotopic (exact) mass is 418 g/mol. The van der Waals surface area contributed by atoms with Crippen LogP contribution in [-0.4, -0.2) is 60.0 Å². The first kappa shape index (κ1) is 21.3. The maximum atomic E-state index is 13.2. The molecule has 0 N–H and O–H groups in total. The molecular formula is C21H26N2O5S. The third-order valence-electron chi connectivity index (χ3n) is 5.39. The Morgan fingerprint density at radius 3 is 2.69 bits per heavy atom. The molecule has 0 spiro atoms. The van der Waals surface area contributed by atoms with Gasteiger partial charge in [-0.05, 0) is 43.7 Å². The molecule has 3 rings (SSSR count). The van der Waals surface area contributed by atoms with Crippen LogP contribution in [0.4, 0.5) is 0 Å². The van der Waals surface area contributed by atoms with Crippen LogP contribution in [0.15, 0.2) is 17.5 Å². The van der Waals surface area contributed by atoms with E-state index in [-0.39, 0.29) is 24.3 Å². The second kappa shape index (κ2) is 8.92. The van der Waals surface area contributed by atoms with E-state index in [0.717, 1.165) is 12.8 Å². The molecule has 1 aliphatic heterocycles. The molecule has 0 aromatic carbocycles. The maximum Gasteiger partial charge on any atom is 0.354 e. The molecule has 0 bridgehead atoms. The smallest absolute Gasteiger partial charge is 0.354 e. The van der Waals surface area contributed by atoms with Crippen molar-refractivity contribution in [1.82, 2.24) is 9.47 Å². The zero-order chi connectivity index (χ0) is 21.1. The summed E-state index contributed by atoms with van der Waals surface area (Å²) in [5.41, 5.74) is 2.06. The minimum absolute atomic E-state index is 0.0599. The van der Waals surface area contributed by atoms with Crippen LogP contribution in [-0.2, 0) is 16.5 Å². The summed E-state index contributed by atoms with van der Waals surface area (Å²) >= 11 is 1.35. The summed E-state index contributed by atoms with van der Waals surface area (Å²) in [6.45, 7) is 4.51. The fourth-order valence-electron chi connectivity index (χ4n) is 3.84. The summed E-state index contributed by atoms with van der Waals surface area (Å²) in [7, 11) is 3.04. The van der Waals surface area contributed by atoms with E-state index < -0.39 is 5.97 Å². The Kier molecular flexibility index (Phi) is 6.54. The van der Waals surface area contributed by atoms with Crippen molar-refractivity contribution in [2.24, 2.45) is 7.05 Å². The third-order valence-corrected chi connectivity index (χ3v) is 6.25. The summed E-state index contributed by atoms with van der Waals surface area (Å²) < 4.78 is 12.2. The van der Waals surface area contributed by atoms with Crippen LogP contribution in [0.5, 0.6) is 0 Å². The van der Waals surface area contributed by atoms with Crippen molar-refractivity contribution < 1.29 is 23.9 Å². The molecule has 1 fully saturated rings. The van der Waals surface area contributed by atoms with Gasteiger partial charge in [-0.25, -0.2) is 4.79 Å². The van der Waals surface area contributed by atoms with E-state index in [1.165, 1.54) is 18.4 Å². The van der Waals surface area contributed by atoms with Crippen LogP contribution in [0.25, 0.3) is 0 Å². The Labute approximate surface area is 174 Å². The Morgan fingerprint density at radius 2 is 2.10 bits per heavy atom. The second-order valence-corrected chi connectivity index (χ2v) is 8.15. The molecule has 1 amide bonds. The van der Waals surface area contributed by atoms with Gasteiger partial charge in [0.15, 0.2) is 5.78 Å². The largest absolute Gasteiger partial charge is 0.464 e. The number of methoxy groups -OCH3 is 1. The highest BCUT2D eigenvalue weighted by Gasteiger charge is 2.30. The van der Waals surface area contributed by atoms with Crippen LogP contribution in [0.1, 0.15) is 54.6 Å². The molecule has 1 atom stereocenters. The van der Waals surface area contributed by atoms with E-state index in [1.54, 1.807) is 36.4 Å². The van der Waals surface area contributed by atoms with Gasteiger partial charge in [0.1, 0.15) is 5.69 Å². The van der Waals surface area contributed by atoms with Gasteiger partial charge in [-0.1, -0.05) is 6.07 Å². The van der Waals surface area contributed by atoms with Crippen LogP contribution in [0.2, 0.25) is 0 Å². The predicted molar refractivity (Wildman–Crippen MR) is 110 cm³/mol. The third kappa shape index (κ3) is 4.28. The lowest BCUT2D eigenvalue weighted by Crippen LogP contribution is -2.40. The average molecular weight is 419 g/mol. The Morgan fingerprint density at radius 1 is 1.34 bits per heavy atom. The maximum absolute atomic E-state index is 13.2. The normalized spacial score (nSPS) is 16.1. The highest BCUT2D eigenvalue weighted by atomic mass is 32.1. The zero-order valence-corrected chi connectivity index (χ0v) is 18.0. The lowest BCUT2D eigenvalue weighted by atomic mass is 10.0. The molecule has 2 aromatic rings. The highest BCUT2D eigenvalue weighted by molar-refractivity contribution is 7.12. The summed E-state index contributed by atoms with van der Waals surface area (Å²) in [5.74, 6) is -0.866. The molecule has 0 aliphatic carbocycles. The van der Waals surface area contributed by atoms with Gasteiger partial charge in [-0.2, -0.15) is 0 Å². The van der Waals surface area contributed by atoms with E-state index in [1.807, 2.05) is 11.4 Å². The molecule has 29 heavy (non-hydrogen) atoms. The Balaban J connectivity index is 1.88. The zero-order valence-electron chi connectivity index (χ0n) is 17.2. The molecular weight excluding hydrogens is 392 g/mol. The first-order valence-corrected chi connectivity index (χ1v) is 10.4. The summed E-state index contributed by atoms with van der Waals surface area (Å²) in [4.78, 5) is 40.5. The van der Waals surface area contributed by atoms with Gasteiger partial charge in [-0.3, -0.25) is 9.59 Å². The van der Waals surface area contributed by atoms with E-state index in [4.69, 9.17) is 9.47 Å². The predicted octanol–water partition coefficient (Wildman–Crippen LogP) is 2.99. The lowest BCUT2D eigenvalue weighted by Gasteiger charge is -2.24. The number of esters is 1. The number of ketones is 1. The molecule has 0 unspecified atom stereocenters. The summed E-state index contributed by atoms with van der Waals surface area (Å²) in [6, 6.07) is 3.58. The van der Waals surface area contributed by atoms with Crippen molar-refractivity contribution in [2.45, 2.75) is 32.8 Å². The van der Waals surface area contributed by atoms with Gasteiger partial charge in [0.2, 0.25) is 0 Å². The summed E-state index contributed by atoms with van der Waals surface area (Å²) in [5, 5.41) is 1.84. The van der Waals surface area contributed by atoms with Crippen LogP contribution in [0, 0.1) is 13.8 Å². The first-order valence-electron chi connectivity index (χ1n) is 9.56. The van der Waals surface area contributed by atoms with Gasteiger partial charge in [0, 0.05) is 31.5 Å². The molecule has 2 aromatic heterocycles. The second-order valence-electron chi connectivity index (χ2n) is 7.21. The van der Waals surface area contributed by atoms with E-state index in [9.17, 15) is 14.4 Å². The van der Waals surface area contributed by atoms with Gasteiger partial charge in [0.05, 0.1) is 24.6 Å². The van der Waals surface area contributed by atoms with Gasteiger partial charge >= 0.3 is 5.97 Å². The number of thiophene rings is 1. The topological polar surface area (TPSA) is 77.8 Å². The number of hydrogen-bond donors (Lipinski definition) is 0. The fourth-order valence-corrected chi connectivity index (χ4v) is 4.53. The number of nitrogens with zero attached hydrogens (tertiary/aromatic N) is 2. The van der Waals surface area contributed by atoms with E-state index >= 15 is 0 Å². The fraction of sp³-hybridized carbons (Fsp3) is 0.476. The molecule has 1 aliphatic rings. The minimum Gasteiger partial charge on any atom is -0.464 e. The molecule has 7 nitrogen and oxygen atoms in total. The highest BCUT2D eigenvalue weighted by Crippen LogP contribution is 2.24. The molecule has 3 heterocycles. The number of carbonyl (C=O) groups is 3. The number of hydrogen-bond acceptors (Lipinski definition) is 6. The van der Waals surface area contributed by atoms with Crippen molar-refractivity contribution in [1.29, 1.82) is 0 Å². The number of Topliss-reactive ketones (excluding diaryl/α,β-unsaturated/α-hetero) is 1. The van der Waals surface area contributed by atoms with Crippen molar-refractivity contribution in [3.05, 3.63) is 44.9 Å². The lowest BCUT2D eigenvalue weighted by molar-refractivity contribution is 0.0509. The Bertz CT molecular complexity index is 910. The van der Waals surface area contributed by atoms with Gasteiger partial charge in [-0.15, -0.1) is 11.3 Å². The van der Waals surface area contributed by atoms with E-state index in [2.05, 4.69) is 0 Å². The van der Waals surface area contributed by atoms with Crippen molar-refractivity contribution >= 4 is 29.0 Å². The molecule has 0 saturated carbocycles. The quantitative estimate of drug-likeness (QED) is 0.510. The number of carbonyl (C=O) groups excluding carboxylic acids is 3. The molecule has 156 valence electrons. The number of rotatable bonds is 7. The standard InChI is InChI=1S/C21H26N2O5S/c1-13-18(14(2)22(3)19(13)21(26)27-4)16(24)12-23(11-15-7-5-9-28-15)20(25)17-8-6-10-29-17/h6,8,10,15H,5,7,9,11-12H2,1-4H3/t15-/m1/s1. The summed E-state index contributed by atoms with van der Waals surface area (Å²) in [6.07, 6.45) is 1.77. The number of amides is 1. The molecule has 0 radical (unpaired) electrons. The van der Waals surface area contributed by atoms with Gasteiger partial charge in [0.25, 0.3) is 5.91 Å². The number of aromatic nitrogens is 1. The minimum atomic E-state index is -0.488. The Hall–Kier alpha value is -2.45. The van der Waals surface area contributed by atoms with Crippen molar-refractivity contribution in [2.75, 3.05) is 26.8 Å². The van der Waals surface area contributed by atoms with Gasteiger partial charge < -0.3 is 18.9 Å². The van der Waals surface area contributed by atoms with Crippen molar-refractivity contribution in [3.8, 4) is 0 Å². The molecule has 1 saturated heterocycles. The van der Waals surface area contributed by atoms with Crippen LogP contribution in [0.3, 0.4) is 0 Å². The number of ether oxygens (including phenoxy) is 2. The van der Waals surface area contributed by atoms with Crippen molar-refractivity contribution in [3.63, 3.8) is 0 Å². The van der Waals surface area contributed by atoms with E-state index in [0.29, 0.717) is 40.5 Å².